The fourth-order valence-electron chi connectivity index (χ4n) is 1.53. The summed E-state index contributed by atoms with van der Waals surface area (Å²) in [4.78, 5) is 4.14. The molecule has 0 aliphatic rings. The molecule has 0 bridgehead atoms. The summed E-state index contributed by atoms with van der Waals surface area (Å²) in [5.41, 5.74) is 2.04. The second kappa shape index (κ2) is 5.38. The minimum Gasteiger partial charge on any atom is -0.480 e. The highest BCUT2D eigenvalue weighted by molar-refractivity contribution is 7.14. The van der Waals surface area contributed by atoms with Crippen LogP contribution in [0.4, 0.5) is 5.69 Å². The molecule has 1 unspecified atom stereocenters. The Labute approximate surface area is 109 Å². The Kier molecular flexibility index (Phi) is 3.86. The van der Waals surface area contributed by atoms with Gasteiger partial charge in [-0.3, -0.25) is 0 Å². The van der Waals surface area contributed by atoms with Crippen molar-refractivity contribution >= 4 is 28.6 Å². The molecule has 0 radical (unpaired) electrons. The molecule has 0 spiro atoms. The smallest absolute Gasteiger partial charge is 0.237 e. The van der Waals surface area contributed by atoms with Crippen LogP contribution in [0.25, 0.3) is 0 Å². The zero-order valence-electron chi connectivity index (χ0n) is 9.61. The lowest BCUT2D eigenvalue weighted by Crippen LogP contribution is -2.07. The molecule has 0 amide bonds. The van der Waals surface area contributed by atoms with E-state index in [-0.39, 0.29) is 6.04 Å². The Morgan fingerprint density at radius 3 is 3.00 bits per heavy atom. The number of ether oxygens (including phenoxy) is 1. The van der Waals surface area contributed by atoms with E-state index in [4.69, 9.17) is 16.3 Å². The Morgan fingerprint density at radius 2 is 2.35 bits per heavy atom. The molecule has 2 aromatic rings. The molecule has 0 aromatic carbocycles. The van der Waals surface area contributed by atoms with E-state index in [1.54, 1.807) is 13.3 Å². The molecule has 0 saturated heterocycles. The van der Waals surface area contributed by atoms with Gasteiger partial charge < -0.3 is 10.1 Å². The van der Waals surface area contributed by atoms with Crippen molar-refractivity contribution in [3.05, 3.63) is 39.7 Å². The monoisotopic (exact) mass is 268 g/mol. The Hall–Kier alpha value is -1.26. The maximum Gasteiger partial charge on any atom is 0.237 e. The van der Waals surface area contributed by atoms with Gasteiger partial charge in [-0.15, -0.1) is 11.3 Å². The van der Waals surface area contributed by atoms with Gasteiger partial charge in [0.1, 0.15) is 0 Å². The first-order valence-corrected chi connectivity index (χ1v) is 6.46. The molecule has 0 aliphatic heterocycles. The lowest BCUT2D eigenvalue weighted by Gasteiger charge is -2.15. The highest BCUT2D eigenvalue weighted by Crippen LogP contribution is 2.29. The van der Waals surface area contributed by atoms with Crippen LogP contribution in [0.3, 0.4) is 0 Å². The molecular formula is C12H13ClN2OS. The normalized spacial score (nSPS) is 12.2. The third-order valence-electron chi connectivity index (χ3n) is 2.42. The third-order valence-corrected chi connectivity index (χ3v) is 3.53. The van der Waals surface area contributed by atoms with E-state index >= 15 is 0 Å². The second-order valence-corrected chi connectivity index (χ2v) is 5.15. The van der Waals surface area contributed by atoms with E-state index < -0.39 is 0 Å². The largest absolute Gasteiger partial charge is 0.480 e. The van der Waals surface area contributed by atoms with Crippen molar-refractivity contribution < 1.29 is 4.74 Å². The first-order chi connectivity index (χ1) is 8.20. The van der Waals surface area contributed by atoms with Gasteiger partial charge in [0.05, 0.1) is 17.1 Å². The van der Waals surface area contributed by atoms with E-state index in [9.17, 15) is 0 Å². The van der Waals surface area contributed by atoms with Gasteiger partial charge in [0.15, 0.2) is 0 Å². The molecule has 1 N–H and O–H groups in total. The molecule has 1 atom stereocenters. The average Bonchev–Trinajstić information content (AvgIpc) is 2.77. The molecule has 90 valence electrons. The first kappa shape index (κ1) is 12.2. The number of methoxy groups -OCH3 is 1. The van der Waals surface area contributed by atoms with Crippen molar-refractivity contribution in [3.63, 3.8) is 0 Å². The summed E-state index contributed by atoms with van der Waals surface area (Å²) in [5, 5.41) is 5.40. The summed E-state index contributed by atoms with van der Waals surface area (Å²) in [7, 11) is 1.61. The first-order valence-electron chi connectivity index (χ1n) is 5.20. The van der Waals surface area contributed by atoms with Crippen LogP contribution in [-0.2, 0) is 0 Å². The number of pyridine rings is 1. The summed E-state index contributed by atoms with van der Waals surface area (Å²) in [6.07, 6.45) is 1.70. The molecule has 2 aromatic heterocycles. The SMILES string of the molecule is COc1ncccc1NC(C)c1csc(Cl)c1. The van der Waals surface area contributed by atoms with Gasteiger partial charge in [-0.25, -0.2) is 4.98 Å². The minimum atomic E-state index is 0.164. The molecule has 2 rings (SSSR count). The van der Waals surface area contributed by atoms with E-state index in [1.165, 1.54) is 11.3 Å². The number of thiophene rings is 1. The van der Waals surface area contributed by atoms with Crippen molar-refractivity contribution in [1.82, 2.24) is 4.98 Å². The van der Waals surface area contributed by atoms with Gasteiger partial charge in [-0.2, -0.15) is 0 Å². The maximum atomic E-state index is 5.92. The number of nitrogens with zero attached hydrogens (tertiary/aromatic N) is 1. The van der Waals surface area contributed by atoms with Crippen LogP contribution in [0.1, 0.15) is 18.5 Å². The van der Waals surface area contributed by atoms with Crippen LogP contribution in [0.5, 0.6) is 5.88 Å². The van der Waals surface area contributed by atoms with Crippen molar-refractivity contribution in [3.8, 4) is 5.88 Å². The number of rotatable bonds is 4. The fourth-order valence-corrected chi connectivity index (χ4v) is 2.51. The third kappa shape index (κ3) is 2.90. The minimum absolute atomic E-state index is 0.164. The van der Waals surface area contributed by atoms with E-state index in [2.05, 4.69) is 17.2 Å². The zero-order chi connectivity index (χ0) is 12.3. The van der Waals surface area contributed by atoms with Gasteiger partial charge in [-0.05, 0) is 36.1 Å². The van der Waals surface area contributed by atoms with Crippen LogP contribution in [0, 0.1) is 0 Å². The average molecular weight is 269 g/mol. The van der Waals surface area contributed by atoms with Crippen LogP contribution < -0.4 is 10.1 Å². The van der Waals surface area contributed by atoms with Crippen LogP contribution in [0.2, 0.25) is 4.34 Å². The van der Waals surface area contributed by atoms with Gasteiger partial charge >= 0.3 is 0 Å². The highest BCUT2D eigenvalue weighted by atomic mass is 35.5. The lowest BCUT2D eigenvalue weighted by molar-refractivity contribution is 0.399. The molecule has 0 saturated carbocycles. The van der Waals surface area contributed by atoms with Gasteiger partial charge in [0, 0.05) is 12.2 Å². The standard InChI is InChI=1S/C12H13ClN2OS/c1-8(9-6-11(13)17-7-9)15-10-4-3-5-14-12(10)16-2/h3-8,15H,1-2H3. The predicted octanol–water partition coefficient (Wildman–Crippen LogP) is 3.98. The topological polar surface area (TPSA) is 34.1 Å². The molecule has 0 aliphatic carbocycles. The second-order valence-electron chi connectivity index (χ2n) is 3.61. The maximum absolute atomic E-state index is 5.92. The van der Waals surface area contributed by atoms with Gasteiger partial charge in [-0.1, -0.05) is 11.6 Å². The van der Waals surface area contributed by atoms with Crippen molar-refractivity contribution in [2.75, 3.05) is 12.4 Å². The fraction of sp³-hybridized carbons (Fsp3) is 0.250. The zero-order valence-corrected chi connectivity index (χ0v) is 11.2. The number of nitrogens with one attached hydrogen (secondary N) is 1. The summed E-state index contributed by atoms with van der Waals surface area (Å²) in [6, 6.07) is 5.94. The van der Waals surface area contributed by atoms with Gasteiger partial charge in [0.2, 0.25) is 5.88 Å². The number of aromatic nitrogens is 1. The summed E-state index contributed by atoms with van der Waals surface area (Å²) in [5.74, 6) is 0.598. The van der Waals surface area contributed by atoms with Crippen LogP contribution in [0.15, 0.2) is 29.8 Å². The highest BCUT2D eigenvalue weighted by Gasteiger charge is 2.10. The molecule has 17 heavy (non-hydrogen) atoms. The number of anilines is 1. The Balaban J connectivity index is 2.15. The molecular weight excluding hydrogens is 256 g/mol. The van der Waals surface area contributed by atoms with E-state index in [0.29, 0.717) is 5.88 Å². The Morgan fingerprint density at radius 1 is 1.53 bits per heavy atom. The summed E-state index contributed by atoms with van der Waals surface area (Å²) < 4.78 is 5.99. The van der Waals surface area contributed by atoms with E-state index in [1.807, 2.05) is 23.6 Å². The quantitative estimate of drug-likeness (QED) is 0.911. The number of hydrogen-bond donors (Lipinski definition) is 1. The molecule has 2 heterocycles. The van der Waals surface area contributed by atoms with Crippen LogP contribution in [-0.4, -0.2) is 12.1 Å². The molecule has 3 nitrogen and oxygen atoms in total. The van der Waals surface area contributed by atoms with Crippen molar-refractivity contribution in [2.45, 2.75) is 13.0 Å². The number of hydrogen-bond acceptors (Lipinski definition) is 4. The lowest BCUT2D eigenvalue weighted by atomic mass is 10.2. The molecule has 5 heteroatoms. The van der Waals surface area contributed by atoms with Gasteiger partial charge in [0.25, 0.3) is 0 Å². The van der Waals surface area contributed by atoms with Crippen LogP contribution >= 0.6 is 22.9 Å². The Bertz CT molecular complexity index is 501. The predicted molar refractivity (Wildman–Crippen MR) is 72.2 cm³/mol. The van der Waals surface area contributed by atoms with E-state index in [0.717, 1.165) is 15.6 Å². The van der Waals surface area contributed by atoms with Crippen molar-refractivity contribution in [1.29, 1.82) is 0 Å². The summed E-state index contributed by atoms with van der Waals surface area (Å²) in [6.45, 7) is 2.07. The number of halogens is 1. The van der Waals surface area contributed by atoms with Crippen molar-refractivity contribution in [2.24, 2.45) is 0 Å². The molecule has 0 fully saturated rings. The summed E-state index contributed by atoms with van der Waals surface area (Å²) >= 11 is 7.45.